The van der Waals surface area contributed by atoms with E-state index < -0.39 is 17.6 Å². The third-order valence-electron chi connectivity index (χ3n) is 5.69. The number of aromatic nitrogens is 5. The molecule has 3 aromatic heterocycles. The lowest BCUT2D eigenvalue weighted by atomic mass is 10.1. The Hall–Kier alpha value is -4.54. The molecule has 0 atom stereocenters. The van der Waals surface area contributed by atoms with Gasteiger partial charge in [0.2, 0.25) is 0 Å². The average Bonchev–Trinajstić information content (AvgIpc) is 3.54. The molecule has 39 heavy (non-hydrogen) atoms. The van der Waals surface area contributed by atoms with Crippen molar-refractivity contribution in [1.82, 2.24) is 30.0 Å². The number of imidazole rings is 1. The molecule has 0 aliphatic rings. The lowest BCUT2D eigenvalue weighted by Crippen LogP contribution is -2.23. The van der Waals surface area contributed by atoms with Gasteiger partial charge in [0, 0.05) is 17.8 Å². The highest BCUT2D eigenvalue weighted by Gasteiger charge is 2.21. The van der Waals surface area contributed by atoms with E-state index in [2.05, 4.69) is 30.7 Å². The second-order valence-corrected chi connectivity index (χ2v) is 9.25. The lowest BCUT2D eigenvalue weighted by molar-refractivity contribution is 0.0944. The summed E-state index contributed by atoms with van der Waals surface area (Å²) in [4.78, 5) is 37.5. The van der Waals surface area contributed by atoms with Crippen LogP contribution in [0.2, 0.25) is 10.0 Å². The molecule has 3 N–H and O–H groups in total. The largest absolute Gasteiger partial charge is 0.345 e. The number of carbonyl (C=O) groups excluding carboxylic acids is 2. The maximum Gasteiger partial charge on any atom is 0.272 e. The Bertz CT molecular complexity index is 1680. The first-order valence-corrected chi connectivity index (χ1v) is 12.4. The molecule has 0 saturated carbocycles. The van der Waals surface area contributed by atoms with Crippen LogP contribution in [0.1, 0.15) is 32.4 Å². The monoisotopic (exact) mass is 563 g/mol. The van der Waals surface area contributed by atoms with Crippen LogP contribution in [0, 0.1) is 12.7 Å². The van der Waals surface area contributed by atoms with Crippen LogP contribution >= 0.6 is 23.2 Å². The van der Waals surface area contributed by atoms with Crippen LogP contribution < -0.4 is 10.6 Å². The number of rotatable bonds is 7. The van der Waals surface area contributed by atoms with Crippen molar-refractivity contribution >= 4 is 40.8 Å². The summed E-state index contributed by atoms with van der Waals surface area (Å²) in [6, 6.07) is 15.8. The predicted molar refractivity (Wildman–Crippen MR) is 146 cm³/mol. The van der Waals surface area contributed by atoms with E-state index in [1.807, 2.05) is 13.0 Å². The molecule has 2 amide bonds. The molecule has 0 aliphatic heterocycles. The Labute approximate surface area is 232 Å². The zero-order valence-corrected chi connectivity index (χ0v) is 21.9. The zero-order chi connectivity index (χ0) is 27.5. The van der Waals surface area contributed by atoms with Gasteiger partial charge in [0.25, 0.3) is 11.8 Å². The van der Waals surface area contributed by atoms with Gasteiger partial charge in [0.1, 0.15) is 23.2 Å². The van der Waals surface area contributed by atoms with E-state index in [0.29, 0.717) is 5.69 Å². The number of hydrogen-bond donors (Lipinski definition) is 3. The smallest absolute Gasteiger partial charge is 0.272 e. The fourth-order valence-electron chi connectivity index (χ4n) is 3.85. The third-order valence-corrected chi connectivity index (χ3v) is 6.32. The number of nitrogens with zero attached hydrogens (tertiary/aromatic N) is 4. The molecule has 5 rings (SSSR count). The maximum absolute atomic E-state index is 14.4. The summed E-state index contributed by atoms with van der Waals surface area (Å²) >= 11 is 12.7. The van der Waals surface area contributed by atoms with E-state index in [0.717, 1.165) is 11.5 Å². The number of aromatic amines is 1. The molecule has 0 unspecified atom stereocenters. The van der Waals surface area contributed by atoms with Gasteiger partial charge in [-0.3, -0.25) is 14.6 Å². The van der Waals surface area contributed by atoms with Crippen molar-refractivity contribution in [2.24, 2.45) is 0 Å². The SMILES string of the molecule is Cc1ncc(CNC(=O)c2cc(NC(=O)c3cc(-c4ncccc4F)c(Cl)cc3Cl)n(-c3ccccc3)n2)[nH]1. The standard InChI is InChI=1S/C27H20Cl2FN7O2/c1-15-32-13-16(34-15)14-33-27(39)23-12-24(37(36-23)17-6-3-2-4-7-17)35-26(38)19-10-18(20(28)11-21(19)29)25-22(30)8-5-9-31-25/h2-13H,14H2,1H3,(H,32,34)(H,33,39)(H,35,38). The molecular formula is C27H20Cl2FN7O2. The Morgan fingerprint density at radius 3 is 2.51 bits per heavy atom. The quantitative estimate of drug-likeness (QED) is 0.238. The number of anilines is 1. The number of benzene rings is 2. The molecule has 0 radical (unpaired) electrons. The Morgan fingerprint density at radius 2 is 1.79 bits per heavy atom. The van der Waals surface area contributed by atoms with Gasteiger partial charge in [-0.1, -0.05) is 41.4 Å². The number of halogens is 3. The summed E-state index contributed by atoms with van der Waals surface area (Å²) in [6.07, 6.45) is 3.05. The predicted octanol–water partition coefficient (Wildman–Crippen LogP) is 5.59. The van der Waals surface area contributed by atoms with Gasteiger partial charge in [-0.25, -0.2) is 14.1 Å². The van der Waals surface area contributed by atoms with E-state index in [1.165, 1.54) is 41.2 Å². The number of carbonyl (C=O) groups is 2. The third kappa shape index (κ3) is 5.66. The summed E-state index contributed by atoms with van der Waals surface area (Å²) in [6.45, 7) is 2.03. The van der Waals surface area contributed by atoms with Crippen molar-refractivity contribution in [3.05, 3.63) is 112 Å². The van der Waals surface area contributed by atoms with Crippen LogP contribution in [-0.4, -0.2) is 36.5 Å². The first-order chi connectivity index (χ1) is 18.8. The first kappa shape index (κ1) is 26.1. The second kappa shape index (κ2) is 11.1. The van der Waals surface area contributed by atoms with Crippen LogP contribution in [-0.2, 0) is 6.54 Å². The fourth-order valence-corrected chi connectivity index (χ4v) is 4.41. The van der Waals surface area contributed by atoms with Crippen molar-refractivity contribution in [3.8, 4) is 16.9 Å². The maximum atomic E-state index is 14.4. The minimum atomic E-state index is -0.619. The summed E-state index contributed by atoms with van der Waals surface area (Å²) in [5, 5.41) is 10.1. The summed E-state index contributed by atoms with van der Waals surface area (Å²) < 4.78 is 15.8. The molecular weight excluding hydrogens is 544 g/mol. The highest BCUT2D eigenvalue weighted by molar-refractivity contribution is 6.38. The number of pyridine rings is 1. The summed E-state index contributed by atoms with van der Waals surface area (Å²) in [7, 11) is 0. The molecule has 196 valence electrons. The number of H-pyrrole nitrogens is 1. The van der Waals surface area contributed by atoms with Crippen LogP contribution in [0.4, 0.5) is 10.2 Å². The van der Waals surface area contributed by atoms with Gasteiger partial charge in [-0.05, 0) is 43.3 Å². The lowest BCUT2D eigenvalue weighted by Gasteiger charge is -2.12. The second-order valence-electron chi connectivity index (χ2n) is 8.44. The molecule has 9 nitrogen and oxygen atoms in total. The van der Waals surface area contributed by atoms with Crippen LogP contribution in [0.3, 0.4) is 0 Å². The minimum absolute atomic E-state index is 0.0195. The average molecular weight is 564 g/mol. The minimum Gasteiger partial charge on any atom is -0.345 e. The molecule has 2 aromatic carbocycles. The van der Waals surface area contributed by atoms with E-state index in [1.54, 1.807) is 30.5 Å². The highest BCUT2D eigenvalue weighted by atomic mass is 35.5. The Balaban J connectivity index is 1.46. The van der Waals surface area contributed by atoms with E-state index >= 15 is 0 Å². The molecule has 5 aromatic rings. The van der Waals surface area contributed by atoms with Gasteiger partial charge >= 0.3 is 0 Å². The number of amides is 2. The van der Waals surface area contributed by atoms with Gasteiger partial charge in [-0.15, -0.1) is 0 Å². The number of para-hydroxylation sites is 1. The molecule has 0 aliphatic carbocycles. The van der Waals surface area contributed by atoms with Crippen LogP contribution in [0.25, 0.3) is 16.9 Å². The van der Waals surface area contributed by atoms with E-state index in [9.17, 15) is 14.0 Å². The normalized spacial score (nSPS) is 10.9. The summed E-state index contributed by atoms with van der Waals surface area (Å²) in [5.41, 5.74) is 1.62. The van der Waals surface area contributed by atoms with Crippen molar-refractivity contribution < 1.29 is 14.0 Å². The van der Waals surface area contributed by atoms with Crippen LogP contribution in [0.15, 0.2) is 73.1 Å². The van der Waals surface area contributed by atoms with Crippen molar-refractivity contribution in [1.29, 1.82) is 0 Å². The molecule has 0 spiro atoms. The first-order valence-electron chi connectivity index (χ1n) is 11.7. The van der Waals surface area contributed by atoms with Gasteiger partial charge in [0.15, 0.2) is 5.69 Å². The van der Waals surface area contributed by atoms with Crippen LogP contribution in [0.5, 0.6) is 0 Å². The van der Waals surface area contributed by atoms with Crippen molar-refractivity contribution in [2.45, 2.75) is 13.5 Å². The molecule has 0 bridgehead atoms. The van der Waals surface area contributed by atoms with Gasteiger partial charge in [0.05, 0.1) is 39.7 Å². The van der Waals surface area contributed by atoms with Gasteiger partial charge in [-0.2, -0.15) is 5.10 Å². The number of hydrogen-bond acceptors (Lipinski definition) is 5. The Morgan fingerprint density at radius 1 is 1.00 bits per heavy atom. The summed E-state index contributed by atoms with van der Waals surface area (Å²) in [5.74, 6) is -0.731. The van der Waals surface area contributed by atoms with E-state index in [4.69, 9.17) is 23.2 Å². The topological polar surface area (TPSA) is 118 Å². The highest BCUT2D eigenvalue weighted by Crippen LogP contribution is 2.33. The molecule has 0 saturated heterocycles. The molecule has 12 heteroatoms. The van der Waals surface area contributed by atoms with Crippen molar-refractivity contribution in [3.63, 3.8) is 0 Å². The molecule has 3 heterocycles. The fraction of sp³-hybridized carbons (Fsp3) is 0.0741. The Kier molecular flexibility index (Phi) is 7.40. The number of aryl methyl sites for hydroxylation is 1. The van der Waals surface area contributed by atoms with E-state index in [-0.39, 0.29) is 44.9 Å². The molecule has 0 fully saturated rings. The van der Waals surface area contributed by atoms with Gasteiger partial charge < -0.3 is 15.6 Å². The zero-order valence-electron chi connectivity index (χ0n) is 20.4. The van der Waals surface area contributed by atoms with Crippen molar-refractivity contribution in [2.75, 3.05) is 5.32 Å². The number of nitrogens with one attached hydrogen (secondary N) is 3.